The van der Waals surface area contributed by atoms with Crippen LogP contribution in [-0.4, -0.2) is 48.0 Å². The van der Waals surface area contributed by atoms with Crippen LogP contribution in [0.5, 0.6) is 0 Å². The highest BCUT2D eigenvalue weighted by atomic mass is 16.5. The first-order chi connectivity index (χ1) is 9.65. The second-order valence-electron chi connectivity index (χ2n) is 4.48. The maximum absolute atomic E-state index is 11.8. The van der Waals surface area contributed by atoms with Crippen LogP contribution in [0.1, 0.15) is 5.56 Å². The fraction of sp³-hybridized carbons (Fsp3) is 0.357. The molecular weight excluding hydrogens is 258 g/mol. The molecule has 1 aliphatic heterocycles. The lowest BCUT2D eigenvalue weighted by Gasteiger charge is -2.25. The van der Waals surface area contributed by atoms with Crippen LogP contribution in [-0.2, 0) is 14.3 Å². The minimum atomic E-state index is -0.371. The number of nitrogens with zero attached hydrogens (tertiary/aromatic N) is 2. The van der Waals surface area contributed by atoms with Gasteiger partial charge in [-0.2, -0.15) is 0 Å². The Kier molecular flexibility index (Phi) is 4.84. The largest absolute Gasteiger partial charge is 0.378 e. The van der Waals surface area contributed by atoms with Gasteiger partial charge in [-0.1, -0.05) is 0 Å². The zero-order valence-corrected chi connectivity index (χ0v) is 11.3. The molecular formula is C14H17N3O3. The molecule has 106 valence electrons. The average Bonchev–Trinajstić information content (AvgIpc) is 2.46. The molecule has 0 atom stereocenters. The van der Waals surface area contributed by atoms with E-state index in [1.54, 1.807) is 17.2 Å². The summed E-state index contributed by atoms with van der Waals surface area (Å²) >= 11 is 0. The van der Waals surface area contributed by atoms with Crippen LogP contribution in [0.15, 0.2) is 30.5 Å². The number of amides is 2. The van der Waals surface area contributed by atoms with Crippen LogP contribution in [0.3, 0.4) is 0 Å². The number of ether oxygens (including phenoxy) is 1. The van der Waals surface area contributed by atoms with E-state index in [0.717, 1.165) is 5.56 Å². The number of morpholine rings is 1. The molecule has 0 saturated carbocycles. The summed E-state index contributed by atoms with van der Waals surface area (Å²) in [5.74, 6) is -0.0798. The summed E-state index contributed by atoms with van der Waals surface area (Å²) in [6.07, 6.45) is 4.12. The molecule has 1 saturated heterocycles. The van der Waals surface area contributed by atoms with Gasteiger partial charge in [0.1, 0.15) is 5.82 Å². The molecule has 0 radical (unpaired) electrons. The maximum atomic E-state index is 11.8. The second-order valence-corrected chi connectivity index (χ2v) is 4.48. The van der Waals surface area contributed by atoms with Gasteiger partial charge < -0.3 is 15.0 Å². The zero-order chi connectivity index (χ0) is 14.4. The smallest absolute Gasteiger partial charge is 0.249 e. The number of aromatic nitrogens is 1. The molecule has 0 spiro atoms. The van der Waals surface area contributed by atoms with Gasteiger partial charge in [-0.3, -0.25) is 9.59 Å². The third kappa shape index (κ3) is 4.17. The van der Waals surface area contributed by atoms with E-state index in [9.17, 15) is 9.59 Å². The highest BCUT2D eigenvalue weighted by molar-refractivity contribution is 6.03. The Morgan fingerprint density at radius 1 is 1.35 bits per heavy atom. The van der Waals surface area contributed by atoms with Crippen LogP contribution in [0.25, 0.3) is 0 Å². The number of nitrogens with one attached hydrogen (secondary N) is 1. The van der Waals surface area contributed by atoms with Gasteiger partial charge in [-0.05, 0) is 24.6 Å². The van der Waals surface area contributed by atoms with Crippen LogP contribution in [0.4, 0.5) is 5.82 Å². The van der Waals surface area contributed by atoms with Gasteiger partial charge in [0, 0.05) is 31.4 Å². The molecule has 0 bridgehead atoms. The minimum Gasteiger partial charge on any atom is -0.378 e. The summed E-state index contributed by atoms with van der Waals surface area (Å²) < 4.78 is 5.16. The normalized spacial score (nSPS) is 15.3. The van der Waals surface area contributed by atoms with E-state index >= 15 is 0 Å². The van der Waals surface area contributed by atoms with Gasteiger partial charge in [-0.15, -0.1) is 0 Å². The van der Waals surface area contributed by atoms with Crippen molar-refractivity contribution in [1.29, 1.82) is 0 Å². The van der Waals surface area contributed by atoms with Crippen molar-refractivity contribution in [3.8, 4) is 0 Å². The van der Waals surface area contributed by atoms with E-state index in [1.165, 1.54) is 12.2 Å². The number of rotatable bonds is 3. The first kappa shape index (κ1) is 14.2. The predicted molar refractivity (Wildman–Crippen MR) is 74.1 cm³/mol. The SMILES string of the molecule is Cc1ccnc(NC(=O)/C=C\C(=O)N2CCOCC2)c1. The number of pyridine rings is 1. The molecule has 0 unspecified atom stereocenters. The fourth-order valence-electron chi connectivity index (χ4n) is 1.81. The summed E-state index contributed by atoms with van der Waals surface area (Å²) in [4.78, 5) is 29.1. The van der Waals surface area contributed by atoms with Crippen LogP contribution in [0.2, 0.25) is 0 Å². The molecule has 0 aliphatic carbocycles. The number of hydrogen-bond acceptors (Lipinski definition) is 4. The number of carbonyl (C=O) groups is 2. The lowest BCUT2D eigenvalue weighted by Crippen LogP contribution is -2.39. The molecule has 1 aromatic rings. The highest BCUT2D eigenvalue weighted by Crippen LogP contribution is 2.05. The Morgan fingerprint density at radius 2 is 2.10 bits per heavy atom. The Morgan fingerprint density at radius 3 is 2.80 bits per heavy atom. The number of aryl methyl sites for hydroxylation is 1. The monoisotopic (exact) mass is 275 g/mol. The number of hydrogen-bond donors (Lipinski definition) is 1. The topological polar surface area (TPSA) is 71.5 Å². The van der Waals surface area contributed by atoms with Gasteiger partial charge in [0.25, 0.3) is 0 Å². The molecule has 2 rings (SSSR count). The predicted octanol–water partition coefficient (Wildman–Crippen LogP) is 0.744. The van der Waals surface area contributed by atoms with E-state index < -0.39 is 0 Å². The van der Waals surface area contributed by atoms with E-state index in [0.29, 0.717) is 32.1 Å². The second kappa shape index (κ2) is 6.81. The standard InChI is InChI=1S/C14H17N3O3/c1-11-4-5-15-12(10-11)16-13(18)2-3-14(19)17-6-8-20-9-7-17/h2-5,10H,6-9H2,1H3,(H,15,16,18)/b3-2-. The van der Waals surface area contributed by atoms with Crippen molar-refractivity contribution < 1.29 is 14.3 Å². The Labute approximate surface area is 117 Å². The zero-order valence-electron chi connectivity index (χ0n) is 11.3. The summed E-state index contributed by atoms with van der Waals surface area (Å²) in [6, 6.07) is 3.60. The molecule has 6 heteroatoms. The lowest BCUT2D eigenvalue weighted by molar-refractivity contribution is -0.130. The van der Waals surface area contributed by atoms with E-state index in [4.69, 9.17) is 4.74 Å². The molecule has 6 nitrogen and oxygen atoms in total. The van der Waals surface area contributed by atoms with Crippen molar-refractivity contribution in [3.63, 3.8) is 0 Å². The molecule has 0 aromatic carbocycles. The number of carbonyl (C=O) groups excluding carboxylic acids is 2. The van der Waals surface area contributed by atoms with Crippen LogP contribution in [0, 0.1) is 6.92 Å². The fourth-order valence-corrected chi connectivity index (χ4v) is 1.81. The van der Waals surface area contributed by atoms with E-state index in [-0.39, 0.29) is 11.8 Å². The molecule has 1 N–H and O–H groups in total. The summed E-state index contributed by atoms with van der Waals surface area (Å²) in [5.41, 5.74) is 1.00. The average molecular weight is 275 g/mol. The van der Waals surface area contributed by atoms with Crippen molar-refractivity contribution >= 4 is 17.6 Å². The van der Waals surface area contributed by atoms with Crippen molar-refractivity contribution in [2.75, 3.05) is 31.6 Å². The van der Waals surface area contributed by atoms with Gasteiger partial charge in [0.05, 0.1) is 13.2 Å². The van der Waals surface area contributed by atoms with Crippen molar-refractivity contribution in [3.05, 3.63) is 36.0 Å². The van der Waals surface area contributed by atoms with Gasteiger partial charge >= 0.3 is 0 Å². The maximum Gasteiger partial charge on any atom is 0.249 e. The first-order valence-electron chi connectivity index (χ1n) is 6.43. The highest BCUT2D eigenvalue weighted by Gasteiger charge is 2.14. The summed E-state index contributed by atoms with van der Waals surface area (Å²) in [5, 5.41) is 2.61. The quantitative estimate of drug-likeness (QED) is 0.826. The van der Waals surface area contributed by atoms with Crippen LogP contribution < -0.4 is 5.32 Å². The summed E-state index contributed by atoms with van der Waals surface area (Å²) in [6.45, 7) is 4.11. The lowest BCUT2D eigenvalue weighted by atomic mass is 10.3. The van der Waals surface area contributed by atoms with Crippen molar-refractivity contribution in [2.24, 2.45) is 0 Å². The molecule has 1 aliphatic rings. The van der Waals surface area contributed by atoms with Gasteiger partial charge in [0.2, 0.25) is 11.8 Å². The molecule has 1 fully saturated rings. The Bertz CT molecular complexity index is 522. The third-order valence-corrected chi connectivity index (χ3v) is 2.87. The molecule has 1 aromatic heterocycles. The number of anilines is 1. The minimum absolute atomic E-state index is 0.180. The Balaban J connectivity index is 1.87. The third-order valence-electron chi connectivity index (χ3n) is 2.87. The first-order valence-corrected chi connectivity index (χ1v) is 6.43. The van der Waals surface area contributed by atoms with E-state index in [2.05, 4.69) is 10.3 Å². The Hall–Kier alpha value is -2.21. The molecule has 2 amide bonds. The molecule has 20 heavy (non-hydrogen) atoms. The molecule has 2 heterocycles. The van der Waals surface area contributed by atoms with E-state index in [1.807, 2.05) is 13.0 Å². The van der Waals surface area contributed by atoms with Gasteiger partial charge in [-0.25, -0.2) is 4.98 Å². The van der Waals surface area contributed by atoms with Crippen LogP contribution >= 0.6 is 0 Å². The van der Waals surface area contributed by atoms with Gasteiger partial charge in [0.15, 0.2) is 0 Å². The summed E-state index contributed by atoms with van der Waals surface area (Å²) in [7, 11) is 0. The van der Waals surface area contributed by atoms with Crippen molar-refractivity contribution in [2.45, 2.75) is 6.92 Å². The van der Waals surface area contributed by atoms with Crippen molar-refractivity contribution in [1.82, 2.24) is 9.88 Å².